The monoisotopic (exact) mass is 289 g/mol. The van der Waals surface area contributed by atoms with E-state index >= 15 is 0 Å². The minimum Gasteiger partial charge on any atom is -0.352 e. The number of carbonyl (C=O) groups is 1. The summed E-state index contributed by atoms with van der Waals surface area (Å²) in [5.41, 5.74) is 0. The van der Waals surface area contributed by atoms with Crippen molar-refractivity contribution in [3.05, 3.63) is 0 Å². The quantitative estimate of drug-likeness (QED) is 0.790. The minimum absolute atomic E-state index is 0.0436. The predicted molar refractivity (Wildman–Crippen MR) is 71.8 cm³/mol. The van der Waals surface area contributed by atoms with Crippen molar-refractivity contribution in [2.75, 3.05) is 0 Å². The average molecular weight is 290 g/mol. The number of carbonyl (C=O) groups excluding carboxylic acids is 1. The van der Waals surface area contributed by atoms with Crippen LogP contribution in [0, 0.1) is 5.92 Å². The fourth-order valence-corrected chi connectivity index (χ4v) is 2.32. The van der Waals surface area contributed by atoms with Crippen molar-refractivity contribution in [3.8, 4) is 0 Å². The van der Waals surface area contributed by atoms with Crippen LogP contribution in [0.1, 0.15) is 58.8 Å². The minimum atomic E-state index is -0.0436. The van der Waals surface area contributed by atoms with Gasteiger partial charge < -0.3 is 5.32 Å². The molecule has 0 aromatic heterocycles. The number of alkyl halides is 1. The number of nitrogens with one attached hydrogen (secondary N) is 1. The summed E-state index contributed by atoms with van der Waals surface area (Å²) < 4.78 is 0. The lowest BCUT2D eigenvalue weighted by atomic mass is 9.96. The lowest BCUT2D eigenvalue weighted by Gasteiger charge is -2.23. The molecule has 0 saturated heterocycles. The first kappa shape index (κ1) is 14.0. The fraction of sp³-hybridized carbons (Fsp3) is 0.923. The third kappa shape index (κ3) is 4.86. The van der Waals surface area contributed by atoms with Crippen molar-refractivity contribution >= 4 is 21.8 Å². The maximum absolute atomic E-state index is 11.9. The van der Waals surface area contributed by atoms with Gasteiger partial charge in [-0.05, 0) is 18.8 Å². The van der Waals surface area contributed by atoms with Crippen LogP contribution in [0.25, 0.3) is 0 Å². The van der Waals surface area contributed by atoms with E-state index < -0.39 is 0 Å². The van der Waals surface area contributed by atoms with Crippen LogP contribution in [-0.2, 0) is 4.79 Å². The van der Waals surface area contributed by atoms with Crippen molar-refractivity contribution < 1.29 is 4.79 Å². The van der Waals surface area contributed by atoms with Gasteiger partial charge >= 0.3 is 0 Å². The van der Waals surface area contributed by atoms with Gasteiger partial charge in [-0.1, -0.05) is 61.9 Å². The molecular formula is C13H24BrNO. The van der Waals surface area contributed by atoms with Crippen LogP contribution in [0.4, 0.5) is 0 Å². The Hall–Kier alpha value is -0.0500. The van der Waals surface area contributed by atoms with E-state index in [1.165, 1.54) is 32.1 Å². The molecule has 3 heteroatoms. The summed E-state index contributed by atoms with van der Waals surface area (Å²) in [7, 11) is 0. The van der Waals surface area contributed by atoms with Gasteiger partial charge in [-0.3, -0.25) is 4.79 Å². The van der Waals surface area contributed by atoms with Crippen molar-refractivity contribution in [2.24, 2.45) is 5.92 Å². The van der Waals surface area contributed by atoms with E-state index in [0.717, 1.165) is 12.8 Å². The summed E-state index contributed by atoms with van der Waals surface area (Å²) in [6, 6.07) is 0.409. The summed E-state index contributed by atoms with van der Waals surface area (Å²) >= 11 is 3.46. The van der Waals surface area contributed by atoms with E-state index in [4.69, 9.17) is 0 Å². The zero-order chi connectivity index (χ0) is 12.0. The lowest BCUT2D eigenvalue weighted by molar-refractivity contribution is -0.121. The molecule has 0 heterocycles. The van der Waals surface area contributed by atoms with Gasteiger partial charge in [-0.15, -0.1) is 0 Å². The molecule has 0 unspecified atom stereocenters. The second kappa shape index (κ2) is 7.31. The molecule has 1 saturated carbocycles. The van der Waals surface area contributed by atoms with Crippen LogP contribution < -0.4 is 5.32 Å². The van der Waals surface area contributed by atoms with E-state index in [9.17, 15) is 4.79 Å². The summed E-state index contributed by atoms with van der Waals surface area (Å²) in [4.78, 5) is 11.8. The van der Waals surface area contributed by atoms with Gasteiger partial charge in [-0.25, -0.2) is 0 Å². The molecule has 1 aliphatic rings. The highest BCUT2D eigenvalue weighted by molar-refractivity contribution is 9.10. The molecule has 1 rings (SSSR count). The Bertz CT molecular complexity index is 210. The van der Waals surface area contributed by atoms with Gasteiger partial charge in [0.15, 0.2) is 0 Å². The molecule has 0 aliphatic heterocycles. The Morgan fingerprint density at radius 3 is 2.12 bits per heavy atom. The molecule has 1 atom stereocenters. The molecule has 2 nitrogen and oxygen atoms in total. The van der Waals surface area contributed by atoms with Crippen LogP contribution in [-0.4, -0.2) is 16.8 Å². The summed E-state index contributed by atoms with van der Waals surface area (Å²) in [5, 5.41) is 3.18. The molecule has 94 valence electrons. The van der Waals surface area contributed by atoms with Crippen LogP contribution in [0.5, 0.6) is 0 Å². The molecule has 1 fully saturated rings. The van der Waals surface area contributed by atoms with Crippen molar-refractivity contribution in [1.82, 2.24) is 5.32 Å². The summed E-state index contributed by atoms with van der Waals surface area (Å²) in [6.07, 6.45) is 8.86. The third-order valence-electron chi connectivity index (χ3n) is 3.29. The Morgan fingerprint density at radius 2 is 1.62 bits per heavy atom. The smallest absolute Gasteiger partial charge is 0.234 e. The van der Waals surface area contributed by atoms with E-state index in [2.05, 4.69) is 35.1 Å². The van der Waals surface area contributed by atoms with Gasteiger partial charge in [0, 0.05) is 6.04 Å². The highest BCUT2D eigenvalue weighted by Gasteiger charge is 2.21. The molecule has 0 bridgehead atoms. The Kier molecular flexibility index (Phi) is 6.40. The Morgan fingerprint density at radius 1 is 1.12 bits per heavy atom. The van der Waals surface area contributed by atoms with Crippen molar-refractivity contribution in [3.63, 3.8) is 0 Å². The average Bonchev–Trinajstić information content (AvgIpc) is 2.20. The van der Waals surface area contributed by atoms with Crippen molar-refractivity contribution in [1.29, 1.82) is 0 Å². The standard InChI is InChI=1S/C13H24BrNO/c1-10(2)12(14)13(16)15-11-8-6-4-3-5-7-9-11/h10-12H,3-9H2,1-2H3,(H,15,16)/t12-/m0/s1. The zero-order valence-electron chi connectivity index (χ0n) is 10.5. The van der Waals surface area contributed by atoms with E-state index in [1.807, 2.05) is 0 Å². The Balaban J connectivity index is 2.35. The van der Waals surface area contributed by atoms with Gasteiger partial charge in [-0.2, -0.15) is 0 Å². The zero-order valence-corrected chi connectivity index (χ0v) is 12.1. The first-order valence-corrected chi connectivity index (χ1v) is 7.47. The SMILES string of the molecule is CC(C)[C@H](Br)C(=O)NC1CCCCCCC1. The largest absolute Gasteiger partial charge is 0.352 e. The first-order valence-electron chi connectivity index (χ1n) is 6.55. The molecule has 1 amide bonds. The molecule has 16 heavy (non-hydrogen) atoms. The predicted octanol–water partition coefficient (Wildman–Crippen LogP) is 3.64. The summed E-state index contributed by atoms with van der Waals surface area (Å²) in [5.74, 6) is 0.522. The highest BCUT2D eigenvalue weighted by atomic mass is 79.9. The van der Waals surface area contributed by atoms with Crippen LogP contribution >= 0.6 is 15.9 Å². The van der Waals surface area contributed by atoms with Crippen LogP contribution in [0.2, 0.25) is 0 Å². The first-order chi connectivity index (χ1) is 7.61. The summed E-state index contributed by atoms with van der Waals surface area (Å²) in [6.45, 7) is 4.13. The maximum Gasteiger partial charge on any atom is 0.234 e. The lowest BCUT2D eigenvalue weighted by Crippen LogP contribution is -2.41. The van der Waals surface area contributed by atoms with Gasteiger partial charge in [0.25, 0.3) is 0 Å². The topological polar surface area (TPSA) is 29.1 Å². The van der Waals surface area contributed by atoms with E-state index in [-0.39, 0.29) is 10.7 Å². The number of hydrogen-bond acceptors (Lipinski definition) is 1. The molecular weight excluding hydrogens is 266 g/mol. The maximum atomic E-state index is 11.9. The molecule has 1 N–H and O–H groups in total. The number of hydrogen-bond donors (Lipinski definition) is 1. The number of halogens is 1. The van der Waals surface area contributed by atoms with Crippen LogP contribution in [0.3, 0.4) is 0 Å². The number of amides is 1. The van der Waals surface area contributed by atoms with Gasteiger partial charge in [0.2, 0.25) is 5.91 Å². The van der Waals surface area contributed by atoms with E-state index in [0.29, 0.717) is 12.0 Å². The molecule has 0 spiro atoms. The molecule has 0 aromatic rings. The second-order valence-electron chi connectivity index (χ2n) is 5.20. The molecule has 1 aliphatic carbocycles. The normalized spacial score (nSPS) is 21.2. The molecule has 0 aromatic carbocycles. The fourth-order valence-electron chi connectivity index (χ4n) is 2.18. The van der Waals surface area contributed by atoms with Gasteiger partial charge in [0.05, 0.1) is 4.83 Å². The van der Waals surface area contributed by atoms with Crippen LogP contribution in [0.15, 0.2) is 0 Å². The van der Waals surface area contributed by atoms with Crippen molar-refractivity contribution in [2.45, 2.75) is 69.7 Å². The second-order valence-corrected chi connectivity index (χ2v) is 6.18. The number of rotatable bonds is 3. The third-order valence-corrected chi connectivity index (χ3v) is 4.76. The Labute approximate surface area is 108 Å². The van der Waals surface area contributed by atoms with E-state index in [1.54, 1.807) is 0 Å². The highest BCUT2D eigenvalue weighted by Crippen LogP contribution is 2.18. The van der Waals surface area contributed by atoms with Gasteiger partial charge in [0.1, 0.15) is 0 Å². The molecule has 0 radical (unpaired) electrons.